The number of ether oxygens (including phenoxy) is 1. The summed E-state index contributed by atoms with van der Waals surface area (Å²) in [7, 11) is 0. The predicted molar refractivity (Wildman–Crippen MR) is 97.4 cm³/mol. The van der Waals surface area contributed by atoms with E-state index in [9.17, 15) is 14.4 Å². The van der Waals surface area contributed by atoms with Crippen LogP contribution in [0.4, 0.5) is 10.8 Å². The number of nitrogens with zero attached hydrogens (tertiary/aromatic N) is 2. The van der Waals surface area contributed by atoms with Crippen LogP contribution in [0.3, 0.4) is 0 Å². The largest absolute Gasteiger partial charge is 0.371 e. The molecule has 10 heteroatoms. The fourth-order valence-corrected chi connectivity index (χ4v) is 3.84. The Morgan fingerprint density at radius 1 is 1.30 bits per heavy atom. The lowest BCUT2D eigenvalue weighted by Gasteiger charge is -2.13. The Bertz CT molecular complexity index is 893. The van der Waals surface area contributed by atoms with E-state index in [2.05, 4.69) is 26.1 Å². The second-order valence-electron chi connectivity index (χ2n) is 6.26. The van der Waals surface area contributed by atoms with Crippen LogP contribution in [-0.2, 0) is 14.3 Å². The van der Waals surface area contributed by atoms with E-state index in [1.54, 1.807) is 24.3 Å². The Morgan fingerprint density at radius 3 is 2.96 bits per heavy atom. The zero-order valence-corrected chi connectivity index (χ0v) is 15.0. The minimum absolute atomic E-state index is 0.0708. The maximum atomic E-state index is 12.3. The van der Waals surface area contributed by atoms with Gasteiger partial charge in [-0.15, -0.1) is 10.2 Å². The molecule has 140 valence electrons. The molecule has 4 rings (SSSR count). The third-order valence-corrected chi connectivity index (χ3v) is 5.26. The highest BCUT2D eigenvalue weighted by molar-refractivity contribution is 7.15. The summed E-state index contributed by atoms with van der Waals surface area (Å²) in [6.45, 7) is 0.699. The van der Waals surface area contributed by atoms with Crippen LogP contribution in [-0.4, -0.2) is 40.6 Å². The SMILES string of the molecule is O=C(C[C@@H]1NC(=O)c2ccccc2NC1=O)Nc1nnc([C@H]2CCCO2)s1. The average Bonchev–Trinajstić information content (AvgIpc) is 3.31. The van der Waals surface area contributed by atoms with Crippen molar-refractivity contribution in [1.82, 2.24) is 15.5 Å². The number of para-hydroxylation sites is 1. The molecule has 1 aromatic carbocycles. The topological polar surface area (TPSA) is 122 Å². The summed E-state index contributed by atoms with van der Waals surface area (Å²) < 4.78 is 5.54. The second-order valence-corrected chi connectivity index (χ2v) is 7.27. The Kier molecular flexibility index (Phi) is 4.82. The first-order valence-electron chi connectivity index (χ1n) is 8.56. The summed E-state index contributed by atoms with van der Waals surface area (Å²) in [5.74, 6) is -1.28. The fraction of sp³-hybridized carbons (Fsp3) is 0.353. The molecule has 3 N–H and O–H groups in total. The van der Waals surface area contributed by atoms with Crippen LogP contribution >= 0.6 is 11.3 Å². The summed E-state index contributed by atoms with van der Waals surface area (Å²) >= 11 is 1.25. The van der Waals surface area contributed by atoms with Gasteiger partial charge in [0.15, 0.2) is 0 Å². The minimum atomic E-state index is -0.976. The molecule has 0 aliphatic carbocycles. The van der Waals surface area contributed by atoms with Crippen molar-refractivity contribution < 1.29 is 19.1 Å². The van der Waals surface area contributed by atoms with Gasteiger partial charge in [-0.05, 0) is 25.0 Å². The fourth-order valence-electron chi connectivity index (χ4n) is 3.00. The molecular weight excluding hydrogens is 370 g/mol. The van der Waals surface area contributed by atoms with Gasteiger partial charge in [0.05, 0.1) is 17.7 Å². The van der Waals surface area contributed by atoms with Crippen LogP contribution in [0, 0.1) is 0 Å². The van der Waals surface area contributed by atoms with Gasteiger partial charge in [0, 0.05) is 6.61 Å². The number of fused-ring (bicyclic) bond motifs is 1. The smallest absolute Gasteiger partial charge is 0.254 e. The number of carbonyl (C=O) groups is 3. The number of rotatable bonds is 4. The molecule has 0 unspecified atom stereocenters. The Balaban J connectivity index is 1.39. The van der Waals surface area contributed by atoms with Gasteiger partial charge >= 0.3 is 0 Å². The van der Waals surface area contributed by atoms with Gasteiger partial charge in [-0.2, -0.15) is 0 Å². The molecule has 0 radical (unpaired) electrons. The van der Waals surface area contributed by atoms with E-state index in [0.29, 0.717) is 23.0 Å². The number of nitrogens with one attached hydrogen (secondary N) is 3. The van der Waals surface area contributed by atoms with Crippen molar-refractivity contribution in [3.63, 3.8) is 0 Å². The van der Waals surface area contributed by atoms with Crippen LogP contribution in [0.5, 0.6) is 0 Å². The van der Waals surface area contributed by atoms with Gasteiger partial charge < -0.3 is 20.7 Å². The van der Waals surface area contributed by atoms with Crippen molar-refractivity contribution in [2.75, 3.05) is 17.2 Å². The maximum absolute atomic E-state index is 12.3. The second kappa shape index (κ2) is 7.41. The van der Waals surface area contributed by atoms with Crippen LogP contribution in [0.1, 0.15) is 40.7 Å². The normalized spacial score (nSPS) is 21.8. The van der Waals surface area contributed by atoms with Crippen LogP contribution < -0.4 is 16.0 Å². The molecule has 1 saturated heterocycles. The lowest BCUT2D eigenvalue weighted by molar-refractivity contribution is -0.122. The van der Waals surface area contributed by atoms with Crippen molar-refractivity contribution in [3.8, 4) is 0 Å². The van der Waals surface area contributed by atoms with Crippen LogP contribution in [0.15, 0.2) is 24.3 Å². The van der Waals surface area contributed by atoms with Crippen LogP contribution in [0.2, 0.25) is 0 Å². The van der Waals surface area contributed by atoms with E-state index < -0.39 is 23.8 Å². The first-order valence-corrected chi connectivity index (χ1v) is 9.37. The Labute approximate surface area is 158 Å². The number of anilines is 2. The number of carbonyl (C=O) groups excluding carboxylic acids is 3. The van der Waals surface area contributed by atoms with Gasteiger partial charge in [0.25, 0.3) is 5.91 Å². The van der Waals surface area contributed by atoms with E-state index >= 15 is 0 Å². The third-order valence-electron chi connectivity index (χ3n) is 4.33. The molecule has 9 nitrogen and oxygen atoms in total. The molecular formula is C17H17N5O4S. The molecule has 3 amide bonds. The van der Waals surface area contributed by atoms with E-state index in [1.165, 1.54) is 11.3 Å². The zero-order valence-electron chi connectivity index (χ0n) is 14.2. The van der Waals surface area contributed by atoms with Crippen molar-refractivity contribution in [2.45, 2.75) is 31.4 Å². The quantitative estimate of drug-likeness (QED) is 0.730. The molecule has 2 aromatic rings. The Hall–Kier alpha value is -2.85. The van der Waals surface area contributed by atoms with E-state index in [-0.39, 0.29) is 12.5 Å². The highest BCUT2D eigenvalue weighted by Crippen LogP contribution is 2.32. The summed E-state index contributed by atoms with van der Waals surface area (Å²) in [5, 5.41) is 16.9. The minimum Gasteiger partial charge on any atom is -0.371 e. The maximum Gasteiger partial charge on any atom is 0.254 e. The van der Waals surface area contributed by atoms with E-state index in [1.807, 2.05) is 0 Å². The molecule has 0 saturated carbocycles. The van der Waals surface area contributed by atoms with E-state index in [4.69, 9.17) is 4.74 Å². The Morgan fingerprint density at radius 2 is 2.15 bits per heavy atom. The average molecular weight is 387 g/mol. The third kappa shape index (κ3) is 3.81. The molecule has 0 spiro atoms. The van der Waals surface area contributed by atoms with Gasteiger partial charge in [-0.25, -0.2) is 0 Å². The molecule has 1 aromatic heterocycles. The van der Waals surface area contributed by atoms with Crippen molar-refractivity contribution in [1.29, 1.82) is 0 Å². The van der Waals surface area contributed by atoms with Crippen molar-refractivity contribution in [2.24, 2.45) is 0 Å². The summed E-state index contributed by atoms with van der Waals surface area (Å²) in [6.07, 6.45) is 1.58. The first-order chi connectivity index (χ1) is 13.1. The zero-order chi connectivity index (χ0) is 18.8. The van der Waals surface area contributed by atoms with Gasteiger partial charge in [-0.1, -0.05) is 23.5 Å². The highest BCUT2D eigenvalue weighted by atomic mass is 32.1. The predicted octanol–water partition coefficient (Wildman–Crippen LogP) is 1.47. The summed E-state index contributed by atoms with van der Waals surface area (Å²) in [4.78, 5) is 36.9. The van der Waals surface area contributed by atoms with Gasteiger partial charge in [-0.3, -0.25) is 14.4 Å². The molecule has 0 bridgehead atoms. The van der Waals surface area contributed by atoms with E-state index in [0.717, 1.165) is 17.8 Å². The number of hydrogen-bond acceptors (Lipinski definition) is 7. The molecule has 2 atom stereocenters. The monoisotopic (exact) mass is 387 g/mol. The summed E-state index contributed by atoms with van der Waals surface area (Å²) in [5.41, 5.74) is 0.785. The number of hydrogen-bond donors (Lipinski definition) is 3. The standard InChI is InChI=1S/C17H17N5O4S/c23-13(20-17-22-21-16(27-17)12-6-3-7-26-12)8-11-15(25)18-10-5-2-1-4-9(10)14(24)19-11/h1-2,4-5,11-12H,3,6-8H2,(H,18,25)(H,19,24)(H,20,22,23)/t11-,12+/m0/s1. The highest BCUT2D eigenvalue weighted by Gasteiger charge is 2.30. The lowest BCUT2D eigenvalue weighted by atomic mass is 10.1. The number of aromatic nitrogens is 2. The van der Waals surface area contributed by atoms with Gasteiger partial charge in [0.2, 0.25) is 16.9 Å². The number of amides is 3. The summed E-state index contributed by atoms with van der Waals surface area (Å²) in [6, 6.07) is 5.71. The van der Waals surface area contributed by atoms with Crippen molar-refractivity contribution in [3.05, 3.63) is 34.8 Å². The lowest BCUT2D eigenvalue weighted by Crippen LogP contribution is -2.43. The molecule has 2 aliphatic rings. The van der Waals surface area contributed by atoms with Crippen molar-refractivity contribution >= 4 is 39.9 Å². The molecule has 2 aliphatic heterocycles. The molecule has 3 heterocycles. The number of benzene rings is 1. The van der Waals surface area contributed by atoms with Gasteiger partial charge in [0.1, 0.15) is 17.2 Å². The molecule has 27 heavy (non-hydrogen) atoms. The van der Waals surface area contributed by atoms with Crippen LogP contribution in [0.25, 0.3) is 0 Å². The molecule has 1 fully saturated rings. The first kappa shape index (κ1) is 17.6.